The number of halogens is 1. The van der Waals surface area contributed by atoms with Crippen molar-refractivity contribution >= 4 is 39.0 Å². The van der Waals surface area contributed by atoms with Crippen LogP contribution in [-0.2, 0) is 13.7 Å². The molecule has 7 nitrogen and oxygen atoms in total. The molecule has 0 aliphatic carbocycles. The number of nitrogens with zero attached hydrogens (tertiary/aromatic N) is 4. The Bertz CT molecular complexity index is 1140. The second kappa shape index (κ2) is 8.36. The number of thiophene rings is 1. The third-order valence-corrected chi connectivity index (χ3v) is 5.92. The van der Waals surface area contributed by atoms with E-state index in [9.17, 15) is 5.11 Å². The van der Waals surface area contributed by atoms with Crippen LogP contribution in [-0.4, -0.2) is 38.0 Å². The Balaban J connectivity index is 1.43. The number of aliphatic hydroxyl groups is 1. The van der Waals surface area contributed by atoms with Gasteiger partial charge in [-0.2, -0.15) is 0 Å². The van der Waals surface area contributed by atoms with Gasteiger partial charge in [-0.25, -0.2) is 9.97 Å². The van der Waals surface area contributed by atoms with Crippen LogP contribution in [0.2, 0.25) is 5.02 Å². The number of anilines is 1. The highest BCUT2D eigenvalue weighted by molar-refractivity contribution is 7.17. The van der Waals surface area contributed by atoms with Crippen molar-refractivity contribution in [2.24, 2.45) is 7.05 Å². The molecule has 0 fully saturated rings. The standard InChI is InChI=1S/C20H20ClN5O2S/c1-12-17(14-5-3-13(9-27)4-6-14)26(2)25-19(12)28-8-7-22-18-16-15(21)10-29-20(16)24-11-23-18/h3-6,10-11,27H,7-9H2,1-2H3,(H,22,23,24). The first-order valence-corrected chi connectivity index (χ1v) is 10.3. The van der Waals surface area contributed by atoms with Gasteiger partial charge >= 0.3 is 0 Å². The number of aliphatic hydroxyl groups excluding tert-OH is 1. The fraction of sp³-hybridized carbons (Fsp3) is 0.250. The zero-order chi connectivity index (χ0) is 20.4. The lowest BCUT2D eigenvalue weighted by molar-refractivity contribution is 0.282. The van der Waals surface area contributed by atoms with Crippen LogP contribution in [0.3, 0.4) is 0 Å². The van der Waals surface area contributed by atoms with E-state index >= 15 is 0 Å². The molecule has 4 aromatic rings. The lowest BCUT2D eigenvalue weighted by atomic mass is 10.1. The van der Waals surface area contributed by atoms with Gasteiger partial charge in [-0.15, -0.1) is 16.4 Å². The van der Waals surface area contributed by atoms with Crippen LogP contribution in [0.15, 0.2) is 36.0 Å². The molecule has 0 saturated carbocycles. The maximum absolute atomic E-state index is 9.22. The smallest absolute Gasteiger partial charge is 0.236 e. The zero-order valence-electron chi connectivity index (χ0n) is 16.0. The molecule has 1 aromatic carbocycles. The minimum absolute atomic E-state index is 0.0290. The average Bonchev–Trinajstić information content (AvgIpc) is 3.25. The van der Waals surface area contributed by atoms with Gasteiger partial charge < -0.3 is 15.2 Å². The molecule has 0 atom stereocenters. The third-order valence-electron chi connectivity index (χ3n) is 4.61. The second-order valence-electron chi connectivity index (χ2n) is 6.52. The van der Waals surface area contributed by atoms with Crippen LogP contribution in [0.4, 0.5) is 5.82 Å². The van der Waals surface area contributed by atoms with Gasteiger partial charge in [0, 0.05) is 23.6 Å². The highest BCUT2D eigenvalue weighted by Crippen LogP contribution is 2.33. The molecular weight excluding hydrogens is 410 g/mol. The molecule has 0 saturated heterocycles. The van der Waals surface area contributed by atoms with Crippen molar-refractivity contribution in [3.63, 3.8) is 0 Å². The van der Waals surface area contributed by atoms with Gasteiger partial charge in [-0.1, -0.05) is 35.9 Å². The summed E-state index contributed by atoms with van der Waals surface area (Å²) in [5.41, 5.74) is 3.85. The highest BCUT2D eigenvalue weighted by Gasteiger charge is 2.15. The summed E-state index contributed by atoms with van der Waals surface area (Å²) in [5.74, 6) is 1.30. The van der Waals surface area contributed by atoms with E-state index in [4.69, 9.17) is 16.3 Å². The lowest BCUT2D eigenvalue weighted by Gasteiger charge is -2.08. The third kappa shape index (κ3) is 3.91. The number of hydrogen-bond donors (Lipinski definition) is 2. The summed E-state index contributed by atoms with van der Waals surface area (Å²) < 4.78 is 7.71. The Morgan fingerprint density at radius 1 is 1.24 bits per heavy atom. The zero-order valence-corrected chi connectivity index (χ0v) is 17.6. The molecule has 29 heavy (non-hydrogen) atoms. The van der Waals surface area contributed by atoms with Gasteiger partial charge in [0.1, 0.15) is 23.6 Å². The number of rotatable bonds is 7. The summed E-state index contributed by atoms with van der Waals surface area (Å²) in [5, 5.41) is 20.3. The van der Waals surface area contributed by atoms with Crippen molar-refractivity contribution in [2.45, 2.75) is 13.5 Å². The minimum Gasteiger partial charge on any atom is -0.475 e. The summed E-state index contributed by atoms with van der Waals surface area (Å²) in [4.78, 5) is 9.36. The lowest BCUT2D eigenvalue weighted by Crippen LogP contribution is -2.13. The van der Waals surface area contributed by atoms with Crippen molar-refractivity contribution in [3.05, 3.63) is 52.1 Å². The predicted molar refractivity (Wildman–Crippen MR) is 116 cm³/mol. The molecule has 0 bridgehead atoms. The van der Waals surface area contributed by atoms with Gasteiger partial charge in [0.05, 0.1) is 29.3 Å². The normalized spacial score (nSPS) is 11.2. The van der Waals surface area contributed by atoms with E-state index in [2.05, 4.69) is 20.4 Å². The van der Waals surface area contributed by atoms with E-state index in [-0.39, 0.29) is 6.61 Å². The number of ether oxygens (including phenoxy) is 1. The van der Waals surface area contributed by atoms with E-state index in [1.54, 1.807) is 0 Å². The van der Waals surface area contributed by atoms with Crippen molar-refractivity contribution in [3.8, 4) is 17.1 Å². The predicted octanol–water partition coefficient (Wildman–Crippen LogP) is 4.04. The molecular formula is C20H20ClN5O2S. The first-order chi connectivity index (χ1) is 14.1. The van der Waals surface area contributed by atoms with E-state index in [0.29, 0.717) is 29.9 Å². The number of benzene rings is 1. The Labute approximate surface area is 176 Å². The second-order valence-corrected chi connectivity index (χ2v) is 7.78. The quantitative estimate of drug-likeness (QED) is 0.431. The molecule has 3 aromatic heterocycles. The molecule has 4 rings (SSSR count). The topological polar surface area (TPSA) is 85.1 Å². The summed E-state index contributed by atoms with van der Waals surface area (Å²) in [7, 11) is 1.89. The minimum atomic E-state index is 0.0290. The van der Waals surface area contributed by atoms with E-state index in [1.165, 1.54) is 17.7 Å². The molecule has 0 aliphatic rings. The van der Waals surface area contributed by atoms with Crippen molar-refractivity contribution in [1.29, 1.82) is 0 Å². The highest BCUT2D eigenvalue weighted by atomic mass is 35.5. The van der Waals surface area contributed by atoms with Gasteiger partial charge in [-0.05, 0) is 12.5 Å². The van der Waals surface area contributed by atoms with Crippen LogP contribution in [0.1, 0.15) is 11.1 Å². The van der Waals surface area contributed by atoms with Crippen LogP contribution in [0.5, 0.6) is 5.88 Å². The number of fused-ring (bicyclic) bond motifs is 1. The summed E-state index contributed by atoms with van der Waals surface area (Å²) in [6.45, 7) is 2.99. The Kier molecular flexibility index (Phi) is 5.66. The van der Waals surface area contributed by atoms with Gasteiger partial charge in [0.15, 0.2) is 0 Å². The molecule has 0 radical (unpaired) electrons. The van der Waals surface area contributed by atoms with Crippen LogP contribution >= 0.6 is 22.9 Å². The monoisotopic (exact) mass is 429 g/mol. The van der Waals surface area contributed by atoms with Gasteiger partial charge in [0.25, 0.3) is 0 Å². The van der Waals surface area contributed by atoms with Crippen molar-refractivity contribution < 1.29 is 9.84 Å². The van der Waals surface area contributed by atoms with Gasteiger partial charge in [0.2, 0.25) is 5.88 Å². The summed E-state index contributed by atoms with van der Waals surface area (Å²) >= 11 is 7.73. The maximum Gasteiger partial charge on any atom is 0.236 e. The molecule has 0 amide bonds. The fourth-order valence-corrected chi connectivity index (χ4v) is 4.34. The van der Waals surface area contributed by atoms with Crippen LogP contribution in [0, 0.1) is 6.92 Å². The number of nitrogens with one attached hydrogen (secondary N) is 1. The Morgan fingerprint density at radius 3 is 2.79 bits per heavy atom. The van der Waals surface area contributed by atoms with E-state index < -0.39 is 0 Å². The average molecular weight is 430 g/mol. The Morgan fingerprint density at radius 2 is 2.03 bits per heavy atom. The van der Waals surface area contributed by atoms with Crippen molar-refractivity contribution in [1.82, 2.24) is 19.7 Å². The molecule has 3 heterocycles. The molecule has 0 unspecified atom stereocenters. The number of aryl methyl sites for hydroxylation is 1. The maximum atomic E-state index is 9.22. The molecule has 0 spiro atoms. The largest absolute Gasteiger partial charge is 0.475 e. The van der Waals surface area contributed by atoms with Crippen molar-refractivity contribution in [2.75, 3.05) is 18.5 Å². The number of hydrogen-bond acceptors (Lipinski definition) is 7. The summed E-state index contributed by atoms with van der Waals surface area (Å²) in [6, 6.07) is 7.77. The molecule has 0 aliphatic heterocycles. The summed E-state index contributed by atoms with van der Waals surface area (Å²) in [6.07, 6.45) is 1.52. The van der Waals surface area contributed by atoms with Gasteiger partial charge in [-0.3, -0.25) is 4.68 Å². The SMILES string of the molecule is Cc1c(OCCNc2ncnc3scc(Cl)c23)nn(C)c1-c1ccc(CO)cc1. The first-order valence-electron chi connectivity index (χ1n) is 9.06. The first kappa shape index (κ1) is 19.6. The fourth-order valence-electron chi connectivity index (χ4n) is 3.21. The molecule has 150 valence electrons. The van der Waals surface area contributed by atoms with Crippen LogP contribution < -0.4 is 10.1 Å². The van der Waals surface area contributed by atoms with E-state index in [1.807, 2.05) is 48.3 Å². The van der Waals surface area contributed by atoms with E-state index in [0.717, 1.165) is 32.6 Å². The Hall–Kier alpha value is -2.68. The molecule has 9 heteroatoms. The number of aromatic nitrogens is 4. The molecule has 2 N–H and O–H groups in total. The van der Waals surface area contributed by atoms with Crippen LogP contribution in [0.25, 0.3) is 21.5 Å².